The van der Waals surface area contributed by atoms with Gasteiger partial charge in [0.2, 0.25) is 0 Å². The molecule has 0 saturated carbocycles. The molecular formula is C15H20BrNO2. The van der Waals surface area contributed by atoms with E-state index in [4.69, 9.17) is 5.11 Å². The topological polar surface area (TPSA) is 40.5 Å². The van der Waals surface area contributed by atoms with Crippen LogP contribution in [0.4, 0.5) is 0 Å². The lowest BCUT2D eigenvalue weighted by Gasteiger charge is -2.32. The molecule has 3 nitrogen and oxygen atoms in total. The van der Waals surface area contributed by atoms with Gasteiger partial charge in [-0.2, -0.15) is 0 Å². The van der Waals surface area contributed by atoms with Crippen molar-refractivity contribution >= 4 is 21.9 Å². The van der Waals surface area contributed by atoms with Crippen LogP contribution in [0.15, 0.2) is 28.7 Å². The highest BCUT2D eigenvalue weighted by Gasteiger charge is 2.25. The quantitative estimate of drug-likeness (QED) is 0.922. The molecule has 1 unspecified atom stereocenters. The molecule has 0 aromatic heterocycles. The molecule has 1 aliphatic heterocycles. The van der Waals surface area contributed by atoms with Crippen molar-refractivity contribution in [3.05, 3.63) is 34.3 Å². The molecule has 1 aliphatic rings. The van der Waals surface area contributed by atoms with Gasteiger partial charge in [-0.3, -0.25) is 4.79 Å². The first-order valence-corrected chi connectivity index (χ1v) is 7.56. The van der Waals surface area contributed by atoms with Crippen molar-refractivity contribution in [1.29, 1.82) is 0 Å². The molecule has 0 bridgehead atoms. The summed E-state index contributed by atoms with van der Waals surface area (Å²) in [6, 6.07) is 8.41. The summed E-state index contributed by atoms with van der Waals surface area (Å²) < 4.78 is 1.11. The van der Waals surface area contributed by atoms with Crippen molar-refractivity contribution in [2.75, 3.05) is 19.6 Å². The summed E-state index contributed by atoms with van der Waals surface area (Å²) in [7, 11) is 0. The summed E-state index contributed by atoms with van der Waals surface area (Å²) in [4.78, 5) is 13.3. The van der Waals surface area contributed by atoms with E-state index in [0.717, 1.165) is 36.9 Å². The number of nitrogens with zero attached hydrogens (tertiary/aromatic N) is 1. The van der Waals surface area contributed by atoms with Crippen LogP contribution in [0.3, 0.4) is 0 Å². The van der Waals surface area contributed by atoms with E-state index in [1.54, 1.807) is 0 Å². The first-order valence-electron chi connectivity index (χ1n) is 6.77. The van der Waals surface area contributed by atoms with Crippen LogP contribution in [0, 0.1) is 5.92 Å². The van der Waals surface area contributed by atoms with Crippen LogP contribution >= 0.6 is 15.9 Å². The molecule has 104 valence electrons. The van der Waals surface area contributed by atoms with Gasteiger partial charge in [0.05, 0.1) is 5.92 Å². The molecule has 1 aromatic rings. The average molecular weight is 326 g/mol. The number of carboxylic acids is 1. The largest absolute Gasteiger partial charge is 0.481 e. The van der Waals surface area contributed by atoms with Crippen molar-refractivity contribution in [3.63, 3.8) is 0 Å². The van der Waals surface area contributed by atoms with Crippen LogP contribution in [0.25, 0.3) is 0 Å². The molecule has 1 N–H and O–H groups in total. The smallest absolute Gasteiger partial charge is 0.306 e. The lowest BCUT2D eigenvalue weighted by atomic mass is 9.95. The molecule has 1 saturated heterocycles. The second-order valence-corrected chi connectivity index (χ2v) is 6.28. The van der Waals surface area contributed by atoms with Gasteiger partial charge in [-0.25, -0.2) is 0 Å². The van der Waals surface area contributed by atoms with Gasteiger partial charge < -0.3 is 10.0 Å². The summed E-state index contributed by atoms with van der Waals surface area (Å²) in [6.07, 6.45) is 1.56. The number of carbonyl (C=O) groups is 1. The standard InChI is InChI=1S/C15H20BrNO2/c1-11(13-3-2-4-14(16)9-13)10-17-7-5-12(6-8-17)15(18)19/h2-4,9,11-12H,5-8,10H2,1H3,(H,18,19). The van der Waals surface area contributed by atoms with Crippen molar-refractivity contribution in [1.82, 2.24) is 4.90 Å². The Hall–Kier alpha value is -0.870. The van der Waals surface area contributed by atoms with Gasteiger partial charge in [0.15, 0.2) is 0 Å². The molecule has 0 radical (unpaired) electrons. The Morgan fingerprint density at radius 1 is 1.47 bits per heavy atom. The fourth-order valence-corrected chi connectivity index (χ4v) is 3.09. The summed E-state index contributed by atoms with van der Waals surface area (Å²) in [5.41, 5.74) is 1.33. The number of likely N-dealkylation sites (tertiary alicyclic amines) is 1. The van der Waals surface area contributed by atoms with E-state index in [-0.39, 0.29) is 5.92 Å². The number of hydrogen-bond donors (Lipinski definition) is 1. The molecule has 1 heterocycles. The number of piperidine rings is 1. The van der Waals surface area contributed by atoms with E-state index in [1.807, 2.05) is 6.07 Å². The molecule has 0 aliphatic carbocycles. The van der Waals surface area contributed by atoms with Gasteiger partial charge in [-0.1, -0.05) is 35.0 Å². The van der Waals surface area contributed by atoms with Crippen LogP contribution in [0.1, 0.15) is 31.2 Å². The Morgan fingerprint density at radius 3 is 2.74 bits per heavy atom. The second-order valence-electron chi connectivity index (χ2n) is 5.37. The van der Waals surface area contributed by atoms with Gasteiger partial charge in [0, 0.05) is 11.0 Å². The Morgan fingerprint density at radius 2 is 2.16 bits per heavy atom. The number of rotatable bonds is 4. The highest BCUT2D eigenvalue weighted by Crippen LogP contribution is 2.23. The zero-order valence-electron chi connectivity index (χ0n) is 11.2. The molecule has 4 heteroatoms. The molecule has 0 spiro atoms. The van der Waals surface area contributed by atoms with Crippen LogP contribution in [-0.4, -0.2) is 35.6 Å². The molecule has 0 amide bonds. The van der Waals surface area contributed by atoms with Gasteiger partial charge in [-0.15, -0.1) is 0 Å². The maximum Gasteiger partial charge on any atom is 0.306 e. The first kappa shape index (κ1) is 14.5. The zero-order chi connectivity index (χ0) is 13.8. The van der Waals surface area contributed by atoms with E-state index >= 15 is 0 Å². The van der Waals surface area contributed by atoms with E-state index in [1.165, 1.54) is 5.56 Å². The lowest BCUT2D eigenvalue weighted by Crippen LogP contribution is -2.38. The summed E-state index contributed by atoms with van der Waals surface area (Å²) >= 11 is 3.50. The number of carboxylic acid groups (broad SMARTS) is 1. The predicted octanol–water partition coefficient (Wildman–Crippen LogP) is 3.35. The summed E-state index contributed by atoms with van der Waals surface area (Å²) in [5, 5.41) is 8.99. The average Bonchev–Trinajstić information content (AvgIpc) is 2.39. The van der Waals surface area contributed by atoms with Gasteiger partial charge in [-0.05, 0) is 49.5 Å². The van der Waals surface area contributed by atoms with Crippen molar-refractivity contribution in [2.24, 2.45) is 5.92 Å². The van der Waals surface area contributed by atoms with Gasteiger partial charge >= 0.3 is 5.97 Å². The van der Waals surface area contributed by atoms with Gasteiger partial charge in [0.1, 0.15) is 0 Å². The molecular weight excluding hydrogens is 306 g/mol. The Labute approximate surface area is 122 Å². The fourth-order valence-electron chi connectivity index (χ4n) is 2.67. The summed E-state index contributed by atoms with van der Waals surface area (Å²) in [6.45, 7) is 5.03. The highest BCUT2D eigenvalue weighted by atomic mass is 79.9. The molecule has 1 atom stereocenters. The van der Waals surface area contributed by atoms with Gasteiger partial charge in [0.25, 0.3) is 0 Å². The zero-order valence-corrected chi connectivity index (χ0v) is 12.8. The third-order valence-corrected chi connectivity index (χ3v) is 4.38. The maximum atomic E-state index is 10.9. The molecule has 2 rings (SSSR count). The van der Waals surface area contributed by atoms with E-state index in [9.17, 15) is 4.79 Å². The predicted molar refractivity (Wildman–Crippen MR) is 79.4 cm³/mol. The van der Waals surface area contributed by atoms with Crippen molar-refractivity contribution in [2.45, 2.75) is 25.7 Å². The minimum Gasteiger partial charge on any atom is -0.481 e. The van der Waals surface area contributed by atoms with Crippen LogP contribution in [-0.2, 0) is 4.79 Å². The number of halogens is 1. The van der Waals surface area contributed by atoms with Crippen LogP contribution in [0.5, 0.6) is 0 Å². The minimum atomic E-state index is -0.639. The monoisotopic (exact) mass is 325 g/mol. The Kier molecular flexibility index (Phi) is 4.99. The van der Waals surface area contributed by atoms with Crippen LogP contribution < -0.4 is 0 Å². The lowest BCUT2D eigenvalue weighted by molar-refractivity contribution is -0.143. The Bertz CT molecular complexity index is 442. The summed E-state index contributed by atoms with van der Waals surface area (Å²) in [5.74, 6) is -0.309. The highest BCUT2D eigenvalue weighted by molar-refractivity contribution is 9.10. The molecule has 1 aromatic carbocycles. The first-order chi connectivity index (χ1) is 9.06. The second kappa shape index (κ2) is 6.53. The fraction of sp³-hybridized carbons (Fsp3) is 0.533. The number of benzene rings is 1. The molecule has 19 heavy (non-hydrogen) atoms. The van der Waals surface area contributed by atoms with Crippen LogP contribution in [0.2, 0.25) is 0 Å². The van der Waals surface area contributed by atoms with E-state index in [0.29, 0.717) is 5.92 Å². The normalized spacial score (nSPS) is 19.3. The minimum absolute atomic E-state index is 0.141. The third-order valence-electron chi connectivity index (χ3n) is 3.89. The SMILES string of the molecule is CC(CN1CCC(C(=O)O)CC1)c1cccc(Br)c1. The third kappa shape index (κ3) is 4.05. The van der Waals surface area contributed by atoms with Crippen molar-refractivity contribution in [3.8, 4) is 0 Å². The van der Waals surface area contributed by atoms with E-state index < -0.39 is 5.97 Å². The van der Waals surface area contributed by atoms with Crippen molar-refractivity contribution < 1.29 is 9.90 Å². The Balaban J connectivity index is 1.87. The number of aliphatic carboxylic acids is 1. The maximum absolute atomic E-state index is 10.9. The number of hydrogen-bond acceptors (Lipinski definition) is 2. The molecule has 1 fully saturated rings. The van der Waals surface area contributed by atoms with E-state index in [2.05, 4.69) is 46.0 Å².